The standard InChI is InChI=1S/C16H31N/c17-16-14-12-10-8-6-4-2-1-3-5-7-9-11-13-15-16/h1-2,16H,3-15,17H2/b2-1-. The lowest BCUT2D eigenvalue weighted by Crippen LogP contribution is -2.19. The minimum absolute atomic E-state index is 0.475. The first-order valence-corrected chi connectivity index (χ1v) is 7.80. The van der Waals surface area contributed by atoms with Gasteiger partial charge in [-0.1, -0.05) is 57.1 Å². The molecule has 0 spiro atoms. The van der Waals surface area contributed by atoms with Crippen LogP contribution in [0.25, 0.3) is 0 Å². The third kappa shape index (κ3) is 9.41. The lowest BCUT2D eigenvalue weighted by molar-refractivity contribution is 0.486. The molecule has 0 aromatic heterocycles. The Hall–Kier alpha value is -0.300. The van der Waals surface area contributed by atoms with Crippen molar-refractivity contribution in [3.63, 3.8) is 0 Å². The van der Waals surface area contributed by atoms with E-state index >= 15 is 0 Å². The number of allylic oxidation sites excluding steroid dienone is 2. The number of rotatable bonds is 0. The molecule has 0 saturated carbocycles. The Kier molecular flexibility index (Phi) is 9.40. The van der Waals surface area contributed by atoms with Crippen LogP contribution < -0.4 is 5.73 Å². The summed E-state index contributed by atoms with van der Waals surface area (Å²) in [5, 5.41) is 0. The van der Waals surface area contributed by atoms with E-state index in [1.54, 1.807) is 0 Å². The van der Waals surface area contributed by atoms with Crippen molar-refractivity contribution in [2.24, 2.45) is 5.73 Å². The fourth-order valence-electron chi connectivity index (χ4n) is 2.60. The third-order valence-corrected chi connectivity index (χ3v) is 3.81. The molecule has 0 bridgehead atoms. The largest absolute Gasteiger partial charge is 0.328 e. The molecular weight excluding hydrogens is 206 g/mol. The molecule has 0 aromatic carbocycles. The second kappa shape index (κ2) is 10.8. The van der Waals surface area contributed by atoms with E-state index in [1.807, 2.05) is 0 Å². The summed E-state index contributed by atoms with van der Waals surface area (Å²) in [5.41, 5.74) is 6.13. The predicted molar refractivity (Wildman–Crippen MR) is 77.1 cm³/mol. The van der Waals surface area contributed by atoms with Crippen LogP contribution in [0.15, 0.2) is 12.2 Å². The molecule has 1 aliphatic carbocycles. The van der Waals surface area contributed by atoms with Gasteiger partial charge in [0.25, 0.3) is 0 Å². The van der Waals surface area contributed by atoms with Crippen LogP contribution in [0.5, 0.6) is 0 Å². The molecule has 0 amide bonds. The topological polar surface area (TPSA) is 26.0 Å². The Balaban J connectivity index is 2.16. The maximum absolute atomic E-state index is 6.13. The average Bonchev–Trinajstić information content (AvgIpc) is 2.32. The van der Waals surface area contributed by atoms with Crippen LogP contribution in [0.4, 0.5) is 0 Å². The summed E-state index contributed by atoms with van der Waals surface area (Å²) >= 11 is 0. The van der Waals surface area contributed by atoms with Crippen molar-refractivity contribution in [2.75, 3.05) is 0 Å². The van der Waals surface area contributed by atoms with Gasteiger partial charge >= 0.3 is 0 Å². The first-order valence-electron chi connectivity index (χ1n) is 7.80. The van der Waals surface area contributed by atoms with Crippen molar-refractivity contribution in [1.82, 2.24) is 0 Å². The van der Waals surface area contributed by atoms with E-state index in [9.17, 15) is 0 Å². The van der Waals surface area contributed by atoms with Crippen molar-refractivity contribution in [2.45, 2.75) is 89.5 Å². The first kappa shape index (κ1) is 14.8. The Morgan fingerprint density at radius 2 is 1.00 bits per heavy atom. The molecule has 1 heteroatoms. The minimum Gasteiger partial charge on any atom is -0.328 e. The van der Waals surface area contributed by atoms with E-state index in [1.165, 1.54) is 83.5 Å². The molecule has 100 valence electrons. The smallest absolute Gasteiger partial charge is 0.00388 e. The van der Waals surface area contributed by atoms with Gasteiger partial charge < -0.3 is 5.73 Å². The molecule has 0 fully saturated rings. The van der Waals surface area contributed by atoms with Gasteiger partial charge in [0, 0.05) is 6.04 Å². The lowest BCUT2D eigenvalue weighted by Gasteiger charge is -2.11. The van der Waals surface area contributed by atoms with E-state index in [0.717, 1.165) is 0 Å². The molecule has 0 radical (unpaired) electrons. The molecule has 0 heterocycles. The number of hydrogen-bond acceptors (Lipinski definition) is 1. The fourth-order valence-corrected chi connectivity index (χ4v) is 2.60. The van der Waals surface area contributed by atoms with Gasteiger partial charge in [-0.2, -0.15) is 0 Å². The summed E-state index contributed by atoms with van der Waals surface area (Å²) < 4.78 is 0. The van der Waals surface area contributed by atoms with Gasteiger partial charge in [-0.25, -0.2) is 0 Å². The van der Waals surface area contributed by atoms with Crippen molar-refractivity contribution in [1.29, 1.82) is 0 Å². The highest BCUT2D eigenvalue weighted by molar-refractivity contribution is 4.81. The second-order valence-corrected chi connectivity index (χ2v) is 5.57. The zero-order chi connectivity index (χ0) is 12.2. The maximum atomic E-state index is 6.13. The van der Waals surface area contributed by atoms with E-state index in [-0.39, 0.29) is 0 Å². The summed E-state index contributed by atoms with van der Waals surface area (Å²) in [4.78, 5) is 0. The molecule has 0 aliphatic heterocycles. The number of nitrogens with two attached hydrogens (primary N) is 1. The highest BCUT2D eigenvalue weighted by atomic mass is 14.6. The predicted octanol–water partition coefficient (Wildman–Crippen LogP) is 4.95. The lowest BCUT2D eigenvalue weighted by atomic mass is 10.0. The van der Waals surface area contributed by atoms with Crippen LogP contribution in [0.1, 0.15) is 83.5 Å². The molecule has 0 saturated heterocycles. The summed E-state index contributed by atoms with van der Waals surface area (Å²) in [6.45, 7) is 0. The Morgan fingerprint density at radius 1 is 0.588 bits per heavy atom. The van der Waals surface area contributed by atoms with Crippen LogP contribution in [0.3, 0.4) is 0 Å². The van der Waals surface area contributed by atoms with Crippen molar-refractivity contribution in [3.8, 4) is 0 Å². The van der Waals surface area contributed by atoms with Crippen LogP contribution in [-0.4, -0.2) is 6.04 Å². The summed E-state index contributed by atoms with van der Waals surface area (Å²) in [6.07, 6.45) is 22.2. The summed E-state index contributed by atoms with van der Waals surface area (Å²) in [5.74, 6) is 0. The quantitative estimate of drug-likeness (QED) is 0.592. The van der Waals surface area contributed by atoms with Crippen molar-refractivity contribution >= 4 is 0 Å². The van der Waals surface area contributed by atoms with E-state index < -0.39 is 0 Å². The van der Waals surface area contributed by atoms with Crippen molar-refractivity contribution < 1.29 is 0 Å². The molecule has 2 N–H and O–H groups in total. The van der Waals surface area contributed by atoms with Gasteiger partial charge in [0.15, 0.2) is 0 Å². The Bertz CT molecular complexity index is 186. The highest BCUT2D eigenvalue weighted by Crippen LogP contribution is 2.13. The second-order valence-electron chi connectivity index (χ2n) is 5.57. The zero-order valence-corrected chi connectivity index (χ0v) is 11.5. The zero-order valence-electron chi connectivity index (χ0n) is 11.5. The Morgan fingerprint density at radius 3 is 1.53 bits per heavy atom. The monoisotopic (exact) mass is 237 g/mol. The van der Waals surface area contributed by atoms with Gasteiger partial charge in [0.1, 0.15) is 0 Å². The number of hydrogen-bond donors (Lipinski definition) is 1. The first-order chi connectivity index (χ1) is 8.39. The maximum Gasteiger partial charge on any atom is 0.00388 e. The average molecular weight is 237 g/mol. The van der Waals surface area contributed by atoms with Crippen LogP contribution in [0, 0.1) is 0 Å². The Labute approximate surface area is 108 Å². The van der Waals surface area contributed by atoms with Crippen LogP contribution >= 0.6 is 0 Å². The van der Waals surface area contributed by atoms with Crippen LogP contribution in [0.2, 0.25) is 0 Å². The molecule has 1 atom stereocenters. The van der Waals surface area contributed by atoms with Gasteiger partial charge in [-0.05, 0) is 38.5 Å². The van der Waals surface area contributed by atoms with Crippen molar-refractivity contribution in [3.05, 3.63) is 12.2 Å². The van der Waals surface area contributed by atoms with Gasteiger partial charge in [0.2, 0.25) is 0 Å². The molecule has 1 nitrogen and oxygen atoms in total. The van der Waals surface area contributed by atoms with Gasteiger partial charge in [0.05, 0.1) is 0 Å². The van der Waals surface area contributed by atoms with Gasteiger partial charge in [-0.15, -0.1) is 0 Å². The summed E-state index contributed by atoms with van der Waals surface area (Å²) in [6, 6.07) is 0.475. The molecule has 0 aromatic rings. The molecule has 17 heavy (non-hydrogen) atoms. The molecule has 1 rings (SSSR count). The fraction of sp³-hybridized carbons (Fsp3) is 0.875. The van der Waals surface area contributed by atoms with Gasteiger partial charge in [-0.3, -0.25) is 0 Å². The molecule has 1 aliphatic rings. The van der Waals surface area contributed by atoms with E-state index in [2.05, 4.69) is 12.2 Å². The highest BCUT2D eigenvalue weighted by Gasteiger charge is 2.02. The summed E-state index contributed by atoms with van der Waals surface area (Å²) in [7, 11) is 0. The molecule has 1 unspecified atom stereocenters. The van der Waals surface area contributed by atoms with Crippen LogP contribution in [-0.2, 0) is 0 Å². The molecular formula is C16H31N. The third-order valence-electron chi connectivity index (χ3n) is 3.81. The van der Waals surface area contributed by atoms with E-state index in [4.69, 9.17) is 5.73 Å². The minimum atomic E-state index is 0.475. The SMILES string of the molecule is NC1CCCCCC/C=C\CCCCCCC1. The normalized spacial score (nSPS) is 28.6. The van der Waals surface area contributed by atoms with E-state index in [0.29, 0.717) is 6.04 Å².